The van der Waals surface area contributed by atoms with E-state index in [0.29, 0.717) is 28.7 Å². The first-order chi connectivity index (χ1) is 16.8. The molecule has 0 aliphatic rings. The van der Waals surface area contributed by atoms with Crippen LogP contribution in [0, 0.1) is 5.82 Å². The zero-order chi connectivity index (χ0) is 24.9. The van der Waals surface area contributed by atoms with Crippen LogP contribution >= 0.6 is 11.3 Å². The Kier molecular flexibility index (Phi) is 7.07. The number of hydrogen-bond acceptors (Lipinski definition) is 7. The number of primary amides is 1. The van der Waals surface area contributed by atoms with E-state index in [1.165, 1.54) is 29.2 Å². The maximum Gasteiger partial charge on any atom is 0.240 e. The maximum atomic E-state index is 13.4. The van der Waals surface area contributed by atoms with Crippen LogP contribution in [0.2, 0.25) is 0 Å². The van der Waals surface area contributed by atoms with E-state index in [-0.39, 0.29) is 16.5 Å². The lowest BCUT2D eigenvalue weighted by Gasteiger charge is -2.26. The van der Waals surface area contributed by atoms with E-state index in [9.17, 15) is 14.0 Å². The minimum absolute atomic E-state index is 0.0307. The first-order valence-corrected chi connectivity index (χ1v) is 11.6. The van der Waals surface area contributed by atoms with Gasteiger partial charge in [-0.1, -0.05) is 41.7 Å². The van der Waals surface area contributed by atoms with E-state index in [4.69, 9.17) is 16.2 Å². The van der Waals surface area contributed by atoms with E-state index >= 15 is 0 Å². The molecule has 1 amide bonds. The molecule has 9 heteroatoms. The molecule has 0 unspecified atom stereocenters. The Bertz CT molecular complexity index is 1330. The molecule has 0 bridgehead atoms. The van der Waals surface area contributed by atoms with Gasteiger partial charge in [-0.05, 0) is 61.0 Å². The van der Waals surface area contributed by atoms with Gasteiger partial charge in [0.1, 0.15) is 34.9 Å². The molecule has 1 aromatic heterocycles. The maximum absolute atomic E-state index is 13.4. The summed E-state index contributed by atoms with van der Waals surface area (Å²) >= 11 is 1.03. The molecule has 4 N–H and O–H groups in total. The number of carbonyl (C=O) groups is 2. The van der Waals surface area contributed by atoms with Gasteiger partial charge < -0.3 is 21.1 Å². The quantitative estimate of drug-likeness (QED) is 0.329. The summed E-state index contributed by atoms with van der Waals surface area (Å²) in [5.41, 5.74) is 13.6. The Balaban J connectivity index is 1.56. The molecule has 178 valence electrons. The molecular formula is C26H23FN4O3S. The third kappa shape index (κ3) is 5.47. The van der Waals surface area contributed by atoms with Crippen LogP contribution in [-0.2, 0) is 11.4 Å². The van der Waals surface area contributed by atoms with E-state index in [1.54, 1.807) is 31.2 Å². The second-order valence-electron chi connectivity index (χ2n) is 7.76. The number of thiazole rings is 1. The molecule has 0 aliphatic carbocycles. The average Bonchev–Trinajstić information content (AvgIpc) is 3.25. The van der Waals surface area contributed by atoms with Crippen molar-refractivity contribution in [3.63, 3.8) is 0 Å². The lowest BCUT2D eigenvalue weighted by Crippen LogP contribution is -2.39. The molecular weight excluding hydrogens is 467 g/mol. The normalized spacial score (nSPS) is 11.6. The topological polar surface area (TPSA) is 112 Å². The molecule has 0 aliphatic heterocycles. The predicted octanol–water partition coefficient (Wildman–Crippen LogP) is 4.69. The first-order valence-electron chi connectivity index (χ1n) is 10.8. The zero-order valence-corrected chi connectivity index (χ0v) is 19.7. The van der Waals surface area contributed by atoms with Crippen LogP contribution in [0.1, 0.15) is 27.7 Å². The number of anilines is 3. The number of rotatable bonds is 9. The number of aromatic nitrogens is 1. The Labute approximate surface area is 205 Å². The van der Waals surface area contributed by atoms with Gasteiger partial charge in [0.2, 0.25) is 11.7 Å². The molecule has 35 heavy (non-hydrogen) atoms. The van der Waals surface area contributed by atoms with E-state index in [0.717, 1.165) is 16.9 Å². The molecule has 1 heterocycles. The van der Waals surface area contributed by atoms with Crippen LogP contribution in [0.15, 0.2) is 78.9 Å². The molecule has 0 fully saturated rings. The monoisotopic (exact) mass is 490 g/mol. The van der Waals surface area contributed by atoms with Crippen LogP contribution in [-0.4, -0.2) is 22.7 Å². The number of carbonyl (C=O) groups excluding carboxylic acids is 2. The SMILES string of the molecule is C[C@@H](C(N)=O)N(c1ccc(F)cc1)c1nc(N)c(C(=O)c2ccc(OCc3ccccc3)cc2)s1. The van der Waals surface area contributed by atoms with Crippen molar-refractivity contribution in [1.82, 2.24) is 4.98 Å². The minimum atomic E-state index is -0.810. The van der Waals surface area contributed by atoms with Gasteiger partial charge in [0.15, 0.2) is 5.13 Å². The number of nitrogens with two attached hydrogens (primary N) is 2. The molecule has 0 saturated carbocycles. The summed E-state index contributed by atoms with van der Waals surface area (Å²) in [6.07, 6.45) is 0. The van der Waals surface area contributed by atoms with Crippen molar-refractivity contribution in [2.45, 2.75) is 19.6 Å². The van der Waals surface area contributed by atoms with Crippen molar-refractivity contribution in [2.24, 2.45) is 5.73 Å². The molecule has 0 radical (unpaired) electrons. The number of nitrogens with zero attached hydrogens (tertiary/aromatic N) is 2. The van der Waals surface area contributed by atoms with Gasteiger partial charge in [-0.2, -0.15) is 0 Å². The molecule has 7 nitrogen and oxygen atoms in total. The van der Waals surface area contributed by atoms with Crippen LogP contribution in [0.5, 0.6) is 5.75 Å². The van der Waals surface area contributed by atoms with Crippen LogP contribution in [0.4, 0.5) is 21.0 Å². The lowest BCUT2D eigenvalue weighted by atomic mass is 10.1. The number of hydrogen-bond donors (Lipinski definition) is 2. The predicted molar refractivity (Wildman–Crippen MR) is 134 cm³/mol. The van der Waals surface area contributed by atoms with Gasteiger partial charge in [0.05, 0.1) is 0 Å². The van der Waals surface area contributed by atoms with Crippen molar-refractivity contribution < 1.29 is 18.7 Å². The summed E-state index contributed by atoms with van der Waals surface area (Å²) in [5, 5.41) is 0.298. The third-order valence-corrected chi connectivity index (χ3v) is 6.39. The fourth-order valence-corrected chi connectivity index (χ4v) is 4.44. The van der Waals surface area contributed by atoms with Crippen molar-refractivity contribution in [2.75, 3.05) is 10.6 Å². The number of benzene rings is 3. The molecule has 3 aromatic carbocycles. The third-order valence-electron chi connectivity index (χ3n) is 5.32. The van der Waals surface area contributed by atoms with Crippen molar-refractivity contribution in [1.29, 1.82) is 0 Å². The first kappa shape index (κ1) is 23.9. The van der Waals surface area contributed by atoms with Crippen molar-refractivity contribution >= 4 is 39.7 Å². The fourth-order valence-electron chi connectivity index (χ4n) is 3.39. The van der Waals surface area contributed by atoms with Gasteiger partial charge >= 0.3 is 0 Å². The van der Waals surface area contributed by atoms with Gasteiger partial charge in [-0.25, -0.2) is 9.37 Å². The van der Waals surface area contributed by atoms with Crippen molar-refractivity contribution in [3.05, 3.63) is 101 Å². The highest BCUT2D eigenvalue weighted by molar-refractivity contribution is 7.18. The Morgan fingerprint density at radius 2 is 1.69 bits per heavy atom. The highest BCUT2D eigenvalue weighted by atomic mass is 32.1. The smallest absolute Gasteiger partial charge is 0.240 e. The Hall–Kier alpha value is -4.24. The standard InChI is InChI=1S/C26H23FN4O3S/c1-16(25(29)33)31(20-11-9-19(27)10-12-20)26-30-24(28)23(35-26)22(32)18-7-13-21(14-8-18)34-15-17-5-3-2-4-6-17/h2-14,16H,15,28H2,1H3,(H2,29,33)/t16-/m0/s1. The van der Waals surface area contributed by atoms with Crippen molar-refractivity contribution in [3.8, 4) is 5.75 Å². The summed E-state index contributed by atoms with van der Waals surface area (Å²) in [5.74, 6) is -0.691. The van der Waals surface area contributed by atoms with E-state index < -0.39 is 17.8 Å². The number of ketones is 1. The van der Waals surface area contributed by atoms with Crippen LogP contribution in [0.25, 0.3) is 0 Å². The average molecular weight is 491 g/mol. The van der Waals surface area contributed by atoms with Gasteiger partial charge in [-0.3, -0.25) is 9.59 Å². The summed E-state index contributed by atoms with van der Waals surface area (Å²) in [4.78, 5) is 31.2. The molecule has 4 aromatic rings. The molecule has 1 atom stereocenters. The summed E-state index contributed by atoms with van der Waals surface area (Å²) in [7, 11) is 0. The van der Waals surface area contributed by atoms with Crippen LogP contribution in [0.3, 0.4) is 0 Å². The number of halogens is 1. The number of nitrogen functional groups attached to an aromatic ring is 1. The molecule has 4 rings (SSSR count). The summed E-state index contributed by atoms with van der Waals surface area (Å²) in [6.45, 7) is 2.01. The number of amides is 1. The molecule has 0 spiro atoms. The van der Waals surface area contributed by atoms with Crippen LogP contribution < -0.4 is 21.1 Å². The molecule has 0 saturated heterocycles. The van der Waals surface area contributed by atoms with Gasteiger partial charge in [0, 0.05) is 11.3 Å². The lowest BCUT2D eigenvalue weighted by molar-refractivity contribution is -0.118. The highest BCUT2D eigenvalue weighted by Crippen LogP contribution is 2.36. The highest BCUT2D eigenvalue weighted by Gasteiger charge is 2.27. The fraction of sp³-hybridized carbons (Fsp3) is 0.115. The minimum Gasteiger partial charge on any atom is -0.489 e. The van der Waals surface area contributed by atoms with E-state index in [2.05, 4.69) is 4.98 Å². The van der Waals surface area contributed by atoms with E-state index in [1.807, 2.05) is 30.3 Å². The second kappa shape index (κ2) is 10.4. The zero-order valence-electron chi connectivity index (χ0n) is 18.9. The Morgan fingerprint density at radius 1 is 1.03 bits per heavy atom. The second-order valence-corrected chi connectivity index (χ2v) is 8.74. The largest absolute Gasteiger partial charge is 0.489 e. The summed E-state index contributed by atoms with van der Waals surface area (Å²) < 4.78 is 19.2. The van der Waals surface area contributed by atoms with Gasteiger partial charge in [-0.15, -0.1) is 0 Å². The number of ether oxygens (including phenoxy) is 1. The van der Waals surface area contributed by atoms with Gasteiger partial charge in [0.25, 0.3) is 0 Å². The summed E-state index contributed by atoms with van der Waals surface area (Å²) in [6, 6.07) is 21.2. The Morgan fingerprint density at radius 3 is 2.31 bits per heavy atom.